The summed E-state index contributed by atoms with van der Waals surface area (Å²) in [7, 11) is 0. The fourth-order valence-corrected chi connectivity index (χ4v) is 1.89. The smallest absolute Gasteiger partial charge is 0.306 e. The van der Waals surface area contributed by atoms with Gasteiger partial charge in [0.15, 0.2) is 0 Å². The largest absolute Gasteiger partial charge is 0.460 e. The van der Waals surface area contributed by atoms with Gasteiger partial charge in [-0.15, -0.1) is 0 Å². The lowest BCUT2D eigenvalue weighted by atomic mass is 10.1. The van der Waals surface area contributed by atoms with Gasteiger partial charge in [-0.25, -0.2) is 0 Å². The number of carbonyl (C=O) groups is 1. The zero-order chi connectivity index (χ0) is 12.6. The third-order valence-electron chi connectivity index (χ3n) is 3.42. The summed E-state index contributed by atoms with van der Waals surface area (Å²) >= 11 is 0. The number of hydrogen-bond acceptors (Lipinski definition) is 2. The topological polar surface area (TPSA) is 26.3 Å². The van der Waals surface area contributed by atoms with Gasteiger partial charge < -0.3 is 9.22 Å². The SMILES string of the molecule is CC[N+](CC)(CC)CCOC(=O)CC(C)C. The van der Waals surface area contributed by atoms with Crippen molar-refractivity contribution >= 4 is 5.97 Å². The predicted molar refractivity (Wildman–Crippen MR) is 67.2 cm³/mol. The first-order valence-electron chi connectivity index (χ1n) is 6.50. The van der Waals surface area contributed by atoms with Crippen LogP contribution in [0.15, 0.2) is 0 Å². The lowest BCUT2D eigenvalue weighted by Crippen LogP contribution is -2.49. The van der Waals surface area contributed by atoms with Crippen LogP contribution < -0.4 is 0 Å². The number of hydrogen-bond donors (Lipinski definition) is 0. The molecular weight excluding hydrogens is 202 g/mol. The van der Waals surface area contributed by atoms with Gasteiger partial charge in [-0.2, -0.15) is 0 Å². The molecule has 3 nitrogen and oxygen atoms in total. The summed E-state index contributed by atoms with van der Waals surface area (Å²) in [5.74, 6) is 0.326. The van der Waals surface area contributed by atoms with Gasteiger partial charge in [0.1, 0.15) is 13.2 Å². The summed E-state index contributed by atoms with van der Waals surface area (Å²) in [6.45, 7) is 15.5. The molecule has 0 spiro atoms. The van der Waals surface area contributed by atoms with Crippen molar-refractivity contribution in [2.24, 2.45) is 5.92 Å². The van der Waals surface area contributed by atoms with Crippen molar-refractivity contribution < 1.29 is 14.0 Å². The number of ether oxygens (including phenoxy) is 1. The molecule has 0 amide bonds. The molecule has 0 heterocycles. The lowest BCUT2D eigenvalue weighted by Gasteiger charge is -2.35. The van der Waals surface area contributed by atoms with Gasteiger partial charge in [0.05, 0.1) is 19.6 Å². The van der Waals surface area contributed by atoms with Gasteiger partial charge in [-0.1, -0.05) is 13.8 Å². The molecule has 0 atom stereocenters. The number of esters is 1. The molecule has 0 radical (unpaired) electrons. The number of likely N-dealkylation sites (N-methyl/N-ethyl adjacent to an activating group) is 1. The average Bonchev–Trinajstić information content (AvgIpc) is 2.24. The van der Waals surface area contributed by atoms with Crippen LogP contribution in [0.3, 0.4) is 0 Å². The summed E-state index contributed by atoms with van der Waals surface area (Å²) < 4.78 is 6.30. The zero-order valence-corrected chi connectivity index (χ0v) is 11.6. The fourth-order valence-electron chi connectivity index (χ4n) is 1.89. The maximum atomic E-state index is 11.4. The molecule has 0 N–H and O–H groups in total. The second kappa shape index (κ2) is 7.66. The molecule has 0 aromatic rings. The predicted octanol–water partition coefficient (Wildman–Crippen LogP) is 2.45. The van der Waals surface area contributed by atoms with E-state index < -0.39 is 0 Å². The molecule has 0 fully saturated rings. The number of rotatable bonds is 8. The Morgan fingerprint density at radius 2 is 1.62 bits per heavy atom. The Balaban J connectivity index is 3.91. The molecule has 0 bridgehead atoms. The molecule has 0 saturated heterocycles. The maximum Gasteiger partial charge on any atom is 0.306 e. The van der Waals surface area contributed by atoms with Gasteiger partial charge in [0.25, 0.3) is 0 Å². The van der Waals surface area contributed by atoms with E-state index in [0.717, 1.165) is 30.7 Å². The van der Waals surface area contributed by atoms with E-state index in [1.54, 1.807) is 0 Å². The second-order valence-electron chi connectivity index (χ2n) is 4.83. The van der Waals surface area contributed by atoms with Crippen LogP contribution in [0, 0.1) is 5.92 Å². The summed E-state index contributed by atoms with van der Waals surface area (Å²) in [6, 6.07) is 0. The minimum absolute atomic E-state index is 0.0589. The first-order chi connectivity index (χ1) is 7.49. The number of quaternary nitrogens is 1. The first kappa shape index (κ1) is 15.4. The Kier molecular flexibility index (Phi) is 7.39. The molecule has 0 saturated carbocycles. The number of carbonyl (C=O) groups excluding carboxylic acids is 1. The van der Waals surface area contributed by atoms with Gasteiger partial charge in [0.2, 0.25) is 0 Å². The van der Waals surface area contributed by atoms with Crippen molar-refractivity contribution in [3.8, 4) is 0 Å². The molecular formula is C13H28NO2+. The third-order valence-corrected chi connectivity index (χ3v) is 3.42. The van der Waals surface area contributed by atoms with Crippen molar-refractivity contribution in [2.75, 3.05) is 32.8 Å². The standard InChI is InChI=1S/C13H28NO2/c1-6-14(7-2,8-3)9-10-16-13(15)11-12(4)5/h12H,6-11H2,1-5H3/q+1. The van der Waals surface area contributed by atoms with Crippen LogP contribution in [0.2, 0.25) is 0 Å². The van der Waals surface area contributed by atoms with E-state index in [0.29, 0.717) is 18.9 Å². The van der Waals surface area contributed by atoms with E-state index in [9.17, 15) is 4.79 Å². The van der Waals surface area contributed by atoms with Crippen LogP contribution in [-0.4, -0.2) is 43.2 Å². The van der Waals surface area contributed by atoms with Crippen LogP contribution in [0.5, 0.6) is 0 Å². The van der Waals surface area contributed by atoms with E-state index in [2.05, 4.69) is 20.8 Å². The van der Waals surface area contributed by atoms with Gasteiger partial charge >= 0.3 is 5.97 Å². The quantitative estimate of drug-likeness (QED) is 0.473. The summed E-state index contributed by atoms with van der Waals surface area (Å²) in [5, 5.41) is 0. The molecule has 16 heavy (non-hydrogen) atoms. The maximum absolute atomic E-state index is 11.4. The zero-order valence-electron chi connectivity index (χ0n) is 11.6. The molecule has 3 heteroatoms. The lowest BCUT2D eigenvalue weighted by molar-refractivity contribution is -0.923. The summed E-state index contributed by atoms with van der Waals surface area (Å²) in [4.78, 5) is 11.4. The minimum atomic E-state index is -0.0589. The second-order valence-corrected chi connectivity index (χ2v) is 4.83. The van der Waals surface area contributed by atoms with E-state index in [1.165, 1.54) is 0 Å². The highest BCUT2D eigenvalue weighted by atomic mass is 16.5. The van der Waals surface area contributed by atoms with E-state index >= 15 is 0 Å². The Morgan fingerprint density at radius 3 is 2.00 bits per heavy atom. The van der Waals surface area contributed by atoms with Crippen molar-refractivity contribution in [2.45, 2.75) is 41.0 Å². The molecule has 0 aliphatic carbocycles. The average molecular weight is 230 g/mol. The van der Waals surface area contributed by atoms with E-state index in [1.807, 2.05) is 13.8 Å². The van der Waals surface area contributed by atoms with Crippen LogP contribution in [0.4, 0.5) is 0 Å². The van der Waals surface area contributed by atoms with Gasteiger partial charge in [-0.05, 0) is 26.7 Å². The third kappa shape index (κ3) is 5.50. The Labute approximate surface area is 100 Å². The van der Waals surface area contributed by atoms with Crippen LogP contribution in [0.25, 0.3) is 0 Å². The van der Waals surface area contributed by atoms with E-state index in [-0.39, 0.29) is 5.97 Å². The molecule has 0 aliphatic heterocycles. The van der Waals surface area contributed by atoms with Crippen molar-refractivity contribution in [1.29, 1.82) is 0 Å². The van der Waals surface area contributed by atoms with Crippen LogP contribution in [0.1, 0.15) is 41.0 Å². The summed E-state index contributed by atoms with van der Waals surface area (Å²) in [5.41, 5.74) is 0. The van der Waals surface area contributed by atoms with E-state index in [4.69, 9.17) is 4.74 Å². The first-order valence-corrected chi connectivity index (χ1v) is 6.50. The number of nitrogens with zero attached hydrogens (tertiary/aromatic N) is 1. The highest BCUT2D eigenvalue weighted by Gasteiger charge is 2.20. The fraction of sp³-hybridized carbons (Fsp3) is 0.923. The molecule has 0 aliphatic rings. The molecule has 0 unspecified atom stereocenters. The molecule has 0 aromatic heterocycles. The van der Waals surface area contributed by atoms with Crippen LogP contribution >= 0.6 is 0 Å². The van der Waals surface area contributed by atoms with Gasteiger partial charge in [0, 0.05) is 6.42 Å². The highest BCUT2D eigenvalue weighted by molar-refractivity contribution is 5.69. The molecule has 96 valence electrons. The molecule has 0 rings (SSSR count). The van der Waals surface area contributed by atoms with Crippen molar-refractivity contribution in [3.05, 3.63) is 0 Å². The minimum Gasteiger partial charge on any atom is -0.460 e. The Bertz CT molecular complexity index is 190. The van der Waals surface area contributed by atoms with Crippen LogP contribution in [-0.2, 0) is 9.53 Å². The Morgan fingerprint density at radius 1 is 1.12 bits per heavy atom. The monoisotopic (exact) mass is 230 g/mol. The van der Waals surface area contributed by atoms with Crippen molar-refractivity contribution in [3.63, 3.8) is 0 Å². The highest BCUT2D eigenvalue weighted by Crippen LogP contribution is 2.06. The van der Waals surface area contributed by atoms with Crippen molar-refractivity contribution in [1.82, 2.24) is 0 Å². The summed E-state index contributed by atoms with van der Waals surface area (Å²) in [6.07, 6.45) is 0.532. The molecule has 0 aromatic carbocycles. The normalized spacial score (nSPS) is 11.9. The van der Waals surface area contributed by atoms with Gasteiger partial charge in [-0.3, -0.25) is 4.79 Å². The Hall–Kier alpha value is -0.570.